The van der Waals surface area contributed by atoms with E-state index in [1.807, 2.05) is 0 Å². The van der Waals surface area contributed by atoms with Gasteiger partial charge in [0.2, 0.25) is 5.91 Å². The molecule has 31 heavy (non-hydrogen) atoms. The molecule has 0 spiro atoms. The number of carboxylic acids is 1. The largest absolute Gasteiger partial charge is 0.479 e. The second-order valence-corrected chi connectivity index (χ2v) is 7.85. The fourth-order valence-electron chi connectivity index (χ4n) is 3.19. The Morgan fingerprint density at radius 1 is 1.03 bits per heavy atom. The highest BCUT2D eigenvalue weighted by Gasteiger charge is 2.53. The van der Waals surface area contributed by atoms with E-state index in [4.69, 9.17) is 18.8 Å². The van der Waals surface area contributed by atoms with E-state index in [9.17, 15) is 48.6 Å². The third-order valence-electron chi connectivity index (χ3n) is 4.55. The van der Waals surface area contributed by atoms with Crippen LogP contribution in [0.1, 0.15) is 6.92 Å². The van der Waals surface area contributed by atoms with E-state index in [2.05, 4.69) is 9.50 Å². The number of ether oxygens (including phenoxy) is 3. The zero-order chi connectivity index (χ0) is 23.7. The van der Waals surface area contributed by atoms with Crippen LogP contribution in [0.5, 0.6) is 0 Å². The van der Waals surface area contributed by atoms with Crippen LogP contribution in [0.2, 0.25) is 0 Å². The molecule has 0 aromatic carbocycles. The maximum Gasteiger partial charge on any atom is 0.397 e. The highest BCUT2D eigenvalue weighted by Crippen LogP contribution is 2.30. The maximum atomic E-state index is 11.5. The van der Waals surface area contributed by atoms with Crippen molar-refractivity contribution in [2.45, 2.75) is 68.3 Å². The molecule has 17 heteroatoms. The molecule has 180 valence electrons. The number of hydrogen-bond acceptors (Lipinski definition) is 13. The molecule has 2 aliphatic heterocycles. The van der Waals surface area contributed by atoms with Gasteiger partial charge in [0.25, 0.3) is 0 Å². The van der Waals surface area contributed by atoms with Gasteiger partial charge in [-0.3, -0.25) is 9.35 Å². The third kappa shape index (κ3) is 6.05. The smallest absolute Gasteiger partial charge is 0.397 e. The molecule has 0 saturated carbocycles. The summed E-state index contributed by atoms with van der Waals surface area (Å²) in [5, 5.41) is 60.8. The standard InChI is InChI=1S/C14H23NO15S/c1-3(17)15-5-6(18)9(30-31(24,25)26)4(2-16)27-14(5)29-10-7(19)8(20)13(23)28-11(10)12(21)22/h4-11,13-14,16,18-20,23H,2H2,1H3,(H,15,17)(H,21,22)(H,24,25,26)/t4-,5-,6-,7-,8-,9+,10+,11+,13?,14+/m1/s1. The predicted octanol–water partition coefficient (Wildman–Crippen LogP) is -5.33. The van der Waals surface area contributed by atoms with Crippen molar-refractivity contribution in [1.29, 1.82) is 0 Å². The minimum atomic E-state index is -5.14. The first kappa shape index (κ1) is 25.7. The summed E-state index contributed by atoms with van der Waals surface area (Å²) in [7, 11) is -5.14. The van der Waals surface area contributed by atoms with Crippen molar-refractivity contribution in [3.63, 3.8) is 0 Å². The number of aliphatic carboxylic acids is 1. The summed E-state index contributed by atoms with van der Waals surface area (Å²) in [6.45, 7) is 0.0105. The summed E-state index contributed by atoms with van der Waals surface area (Å²) in [6.07, 6.45) is -17.5. The molecule has 0 radical (unpaired) electrons. The first-order valence-electron chi connectivity index (χ1n) is 8.72. The number of hydrogen-bond donors (Lipinski definition) is 8. The van der Waals surface area contributed by atoms with Crippen molar-refractivity contribution in [2.75, 3.05) is 6.61 Å². The monoisotopic (exact) mass is 477 g/mol. The van der Waals surface area contributed by atoms with Crippen LogP contribution >= 0.6 is 0 Å². The quantitative estimate of drug-likeness (QED) is 0.159. The SMILES string of the molecule is CC(=O)N[C@H]1[C@H](O[C@H]2[C@H](O)[C@@H](O)C(O)O[C@@H]2C(=O)O)O[C@H](CO)[C@H](OS(=O)(=O)O)[C@@H]1O. The average molecular weight is 477 g/mol. The Hall–Kier alpha value is -1.51. The molecule has 2 fully saturated rings. The topological polar surface area (TPSA) is 259 Å². The van der Waals surface area contributed by atoms with Gasteiger partial charge in [0.1, 0.15) is 42.7 Å². The molecule has 1 unspecified atom stereocenters. The van der Waals surface area contributed by atoms with Crippen LogP contribution in [0.4, 0.5) is 0 Å². The summed E-state index contributed by atoms with van der Waals surface area (Å²) in [5.74, 6) is -2.51. The summed E-state index contributed by atoms with van der Waals surface area (Å²) >= 11 is 0. The van der Waals surface area contributed by atoms with Gasteiger partial charge in [0.05, 0.1) is 6.61 Å². The van der Waals surface area contributed by atoms with E-state index < -0.39 is 90.2 Å². The second kappa shape index (κ2) is 9.96. The van der Waals surface area contributed by atoms with Crippen LogP contribution in [-0.4, -0.2) is 123 Å². The third-order valence-corrected chi connectivity index (χ3v) is 5.02. The number of nitrogens with one attached hydrogen (secondary N) is 1. The van der Waals surface area contributed by atoms with Crippen molar-refractivity contribution < 1.29 is 71.6 Å². The first-order valence-corrected chi connectivity index (χ1v) is 10.1. The molecule has 0 bridgehead atoms. The molecule has 16 nitrogen and oxygen atoms in total. The number of carbonyl (C=O) groups is 2. The van der Waals surface area contributed by atoms with Crippen LogP contribution in [0, 0.1) is 0 Å². The lowest BCUT2D eigenvalue weighted by Crippen LogP contribution is -2.68. The van der Waals surface area contributed by atoms with Crippen molar-refractivity contribution in [2.24, 2.45) is 0 Å². The molecule has 2 rings (SSSR count). The minimum Gasteiger partial charge on any atom is -0.479 e. The lowest BCUT2D eigenvalue weighted by molar-refractivity contribution is -0.334. The fraction of sp³-hybridized carbons (Fsp3) is 0.857. The molecule has 1 amide bonds. The van der Waals surface area contributed by atoms with Gasteiger partial charge in [-0.1, -0.05) is 0 Å². The Bertz CT molecular complexity index is 761. The number of carbonyl (C=O) groups excluding carboxylic acids is 1. The molecule has 2 heterocycles. The number of carboxylic acid groups (broad SMARTS) is 1. The molecule has 2 aliphatic rings. The van der Waals surface area contributed by atoms with Gasteiger partial charge in [-0.05, 0) is 0 Å². The fourth-order valence-corrected chi connectivity index (χ4v) is 3.70. The lowest BCUT2D eigenvalue weighted by atomic mass is 9.95. The normalized spacial score (nSPS) is 41.5. The van der Waals surface area contributed by atoms with Crippen molar-refractivity contribution in [3.05, 3.63) is 0 Å². The summed E-state index contributed by atoms with van der Waals surface area (Å²) < 4.78 is 50.6. The molecule has 0 aliphatic carbocycles. The number of rotatable bonds is 7. The van der Waals surface area contributed by atoms with Crippen LogP contribution in [0.25, 0.3) is 0 Å². The molecular formula is C14H23NO15S. The van der Waals surface area contributed by atoms with Gasteiger partial charge >= 0.3 is 16.4 Å². The van der Waals surface area contributed by atoms with Crippen molar-refractivity contribution >= 4 is 22.3 Å². The van der Waals surface area contributed by atoms with Crippen LogP contribution in [0.3, 0.4) is 0 Å². The van der Waals surface area contributed by atoms with Gasteiger partial charge in [0, 0.05) is 6.92 Å². The van der Waals surface area contributed by atoms with E-state index in [0.29, 0.717) is 0 Å². The Balaban J connectivity index is 2.35. The zero-order valence-corrected chi connectivity index (χ0v) is 16.6. The lowest BCUT2D eigenvalue weighted by Gasteiger charge is -2.46. The summed E-state index contributed by atoms with van der Waals surface area (Å²) in [6, 6.07) is -1.67. The first-order chi connectivity index (χ1) is 14.3. The number of aliphatic hydroxyl groups is 5. The van der Waals surface area contributed by atoms with Gasteiger partial charge in [0.15, 0.2) is 18.7 Å². The van der Waals surface area contributed by atoms with Crippen molar-refractivity contribution in [3.8, 4) is 0 Å². The molecule has 0 aromatic heterocycles. The van der Waals surface area contributed by atoms with Crippen LogP contribution in [-0.2, 0) is 38.4 Å². The number of aliphatic hydroxyl groups excluding tert-OH is 5. The van der Waals surface area contributed by atoms with Gasteiger partial charge < -0.3 is 50.2 Å². The Morgan fingerprint density at radius 2 is 1.65 bits per heavy atom. The molecule has 8 N–H and O–H groups in total. The zero-order valence-electron chi connectivity index (χ0n) is 15.8. The second-order valence-electron chi connectivity index (χ2n) is 6.80. The number of amides is 1. The van der Waals surface area contributed by atoms with Gasteiger partial charge in [-0.2, -0.15) is 8.42 Å². The Kier molecular flexibility index (Phi) is 8.27. The van der Waals surface area contributed by atoms with Crippen LogP contribution < -0.4 is 5.32 Å². The van der Waals surface area contributed by atoms with E-state index in [1.54, 1.807) is 0 Å². The Labute approximate surface area is 174 Å². The van der Waals surface area contributed by atoms with E-state index in [-0.39, 0.29) is 0 Å². The Morgan fingerprint density at radius 3 is 2.13 bits per heavy atom. The van der Waals surface area contributed by atoms with Gasteiger partial charge in [-0.25, -0.2) is 8.98 Å². The minimum absolute atomic E-state index is 0.792. The average Bonchev–Trinajstić information content (AvgIpc) is 2.65. The molecule has 2 saturated heterocycles. The van der Waals surface area contributed by atoms with E-state index in [0.717, 1.165) is 6.92 Å². The van der Waals surface area contributed by atoms with E-state index >= 15 is 0 Å². The summed E-state index contributed by atoms with van der Waals surface area (Å²) in [4.78, 5) is 23.0. The van der Waals surface area contributed by atoms with Crippen LogP contribution in [0.15, 0.2) is 0 Å². The molecule has 10 atom stereocenters. The van der Waals surface area contributed by atoms with Gasteiger partial charge in [-0.15, -0.1) is 0 Å². The highest BCUT2D eigenvalue weighted by atomic mass is 32.3. The molecule has 0 aromatic rings. The van der Waals surface area contributed by atoms with Crippen molar-refractivity contribution in [1.82, 2.24) is 5.32 Å². The highest BCUT2D eigenvalue weighted by molar-refractivity contribution is 7.80. The molecular weight excluding hydrogens is 454 g/mol. The maximum absolute atomic E-state index is 11.5. The van der Waals surface area contributed by atoms with E-state index in [1.165, 1.54) is 0 Å². The summed E-state index contributed by atoms with van der Waals surface area (Å²) in [5.41, 5.74) is 0. The predicted molar refractivity (Wildman–Crippen MR) is 91.2 cm³/mol.